The largest absolute Gasteiger partial charge is 0.369 e. The number of amides is 1. The molecular weight excluding hydrogens is 300 g/mol. The van der Waals surface area contributed by atoms with Crippen molar-refractivity contribution in [2.45, 2.75) is 25.7 Å². The van der Waals surface area contributed by atoms with E-state index in [9.17, 15) is 4.79 Å². The molecule has 2 N–H and O–H groups in total. The van der Waals surface area contributed by atoms with Crippen molar-refractivity contribution in [2.24, 2.45) is 5.92 Å². The van der Waals surface area contributed by atoms with Gasteiger partial charge in [0.05, 0.1) is 0 Å². The van der Waals surface area contributed by atoms with Gasteiger partial charge in [-0.1, -0.05) is 6.07 Å². The summed E-state index contributed by atoms with van der Waals surface area (Å²) in [6, 6.07) is 8.26. The molecule has 0 unspecified atom stereocenters. The quantitative estimate of drug-likeness (QED) is 0.717. The van der Waals surface area contributed by atoms with Gasteiger partial charge in [-0.2, -0.15) is 0 Å². The number of anilines is 2. The number of hydrogen-bond donors (Lipinski definition) is 2. The van der Waals surface area contributed by atoms with E-state index < -0.39 is 0 Å². The summed E-state index contributed by atoms with van der Waals surface area (Å²) in [6.45, 7) is 6.61. The van der Waals surface area contributed by atoms with Crippen LogP contribution in [-0.2, 0) is 4.79 Å². The molecule has 1 aromatic carbocycles. The molecule has 0 atom stereocenters. The van der Waals surface area contributed by atoms with Crippen molar-refractivity contribution < 1.29 is 4.79 Å². The molecule has 2 fully saturated rings. The van der Waals surface area contributed by atoms with Crippen LogP contribution < -0.4 is 15.5 Å². The first-order valence-electron chi connectivity index (χ1n) is 9.26. The lowest BCUT2D eigenvalue weighted by atomic mass is 10.2. The van der Waals surface area contributed by atoms with Crippen molar-refractivity contribution in [1.29, 1.82) is 0 Å². The highest BCUT2D eigenvalue weighted by atomic mass is 16.1. The number of rotatable bonds is 8. The van der Waals surface area contributed by atoms with Gasteiger partial charge in [-0.3, -0.25) is 9.69 Å². The van der Waals surface area contributed by atoms with Crippen LogP contribution in [0.3, 0.4) is 0 Å². The molecule has 1 saturated carbocycles. The van der Waals surface area contributed by atoms with Gasteiger partial charge in [0, 0.05) is 50.5 Å². The van der Waals surface area contributed by atoms with Crippen molar-refractivity contribution in [1.82, 2.24) is 10.2 Å². The molecule has 1 heterocycles. The van der Waals surface area contributed by atoms with Crippen LogP contribution in [0.15, 0.2) is 24.3 Å². The summed E-state index contributed by atoms with van der Waals surface area (Å²) in [5.41, 5.74) is 2.12. The average molecular weight is 330 g/mol. The van der Waals surface area contributed by atoms with Crippen LogP contribution >= 0.6 is 0 Å². The van der Waals surface area contributed by atoms with Gasteiger partial charge in [-0.05, 0) is 57.0 Å². The zero-order chi connectivity index (χ0) is 16.8. The van der Waals surface area contributed by atoms with Crippen LogP contribution in [0.4, 0.5) is 11.4 Å². The van der Waals surface area contributed by atoms with Gasteiger partial charge in [-0.15, -0.1) is 0 Å². The second kappa shape index (κ2) is 8.49. The molecule has 0 spiro atoms. The molecule has 1 aliphatic heterocycles. The van der Waals surface area contributed by atoms with E-state index in [0.29, 0.717) is 6.42 Å². The highest BCUT2D eigenvalue weighted by Gasteiger charge is 2.26. The molecule has 24 heavy (non-hydrogen) atoms. The molecule has 132 valence electrons. The number of nitrogens with zero attached hydrogens (tertiary/aromatic N) is 2. The van der Waals surface area contributed by atoms with Crippen LogP contribution in [0.25, 0.3) is 0 Å². The van der Waals surface area contributed by atoms with E-state index in [-0.39, 0.29) is 5.91 Å². The van der Waals surface area contributed by atoms with Crippen LogP contribution in [0.2, 0.25) is 0 Å². The Hall–Kier alpha value is -1.59. The summed E-state index contributed by atoms with van der Waals surface area (Å²) in [6.07, 6.45) is 4.28. The van der Waals surface area contributed by atoms with E-state index >= 15 is 0 Å². The minimum Gasteiger partial charge on any atom is -0.369 e. The summed E-state index contributed by atoms with van der Waals surface area (Å²) < 4.78 is 0. The Balaban J connectivity index is 1.48. The van der Waals surface area contributed by atoms with Crippen molar-refractivity contribution >= 4 is 17.3 Å². The zero-order valence-electron chi connectivity index (χ0n) is 14.8. The Bertz CT molecular complexity index is 536. The summed E-state index contributed by atoms with van der Waals surface area (Å²) in [5.74, 6) is 1.06. The van der Waals surface area contributed by atoms with Crippen molar-refractivity contribution in [3.63, 3.8) is 0 Å². The fourth-order valence-electron chi connectivity index (χ4n) is 3.28. The Morgan fingerprint density at radius 3 is 2.71 bits per heavy atom. The second-order valence-corrected chi connectivity index (χ2v) is 7.04. The van der Waals surface area contributed by atoms with Gasteiger partial charge >= 0.3 is 0 Å². The van der Waals surface area contributed by atoms with Gasteiger partial charge < -0.3 is 15.5 Å². The van der Waals surface area contributed by atoms with E-state index in [1.165, 1.54) is 25.1 Å². The number of nitrogens with one attached hydrogen (secondary N) is 2. The highest BCUT2D eigenvalue weighted by molar-refractivity contribution is 5.91. The molecule has 3 rings (SSSR count). The molecule has 2 aliphatic rings. The topological polar surface area (TPSA) is 47.6 Å². The molecule has 1 aliphatic carbocycles. The SMILES string of the molecule is CNCCCC(=O)Nc1cccc(N2CCN(CC3CC3)CC2)c1. The third-order valence-corrected chi connectivity index (χ3v) is 4.91. The molecule has 0 radical (unpaired) electrons. The molecule has 1 saturated heterocycles. The Kier molecular flexibility index (Phi) is 6.10. The van der Waals surface area contributed by atoms with Gasteiger partial charge in [-0.25, -0.2) is 0 Å². The summed E-state index contributed by atoms with van der Waals surface area (Å²) in [4.78, 5) is 17.0. The number of benzene rings is 1. The Labute approximate surface area is 145 Å². The molecule has 1 amide bonds. The normalized spacial score (nSPS) is 18.6. The lowest BCUT2D eigenvalue weighted by molar-refractivity contribution is -0.116. The Morgan fingerprint density at radius 2 is 2.00 bits per heavy atom. The molecular formula is C19H30N4O. The predicted molar refractivity (Wildman–Crippen MR) is 99.6 cm³/mol. The monoisotopic (exact) mass is 330 g/mol. The first kappa shape index (κ1) is 17.2. The fraction of sp³-hybridized carbons (Fsp3) is 0.632. The summed E-state index contributed by atoms with van der Waals surface area (Å²) >= 11 is 0. The van der Waals surface area contributed by atoms with Crippen LogP contribution in [0.1, 0.15) is 25.7 Å². The molecule has 5 heteroatoms. The summed E-state index contributed by atoms with van der Waals surface area (Å²) in [5, 5.41) is 6.09. The second-order valence-electron chi connectivity index (χ2n) is 7.04. The van der Waals surface area contributed by atoms with E-state index in [1.807, 2.05) is 19.2 Å². The molecule has 0 bridgehead atoms. The van der Waals surface area contributed by atoms with Crippen molar-refractivity contribution in [2.75, 3.05) is 56.5 Å². The third-order valence-electron chi connectivity index (χ3n) is 4.91. The first-order chi connectivity index (χ1) is 11.7. The maximum Gasteiger partial charge on any atom is 0.224 e. The fourth-order valence-corrected chi connectivity index (χ4v) is 3.28. The van der Waals surface area contributed by atoms with Gasteiger partial charge in [0.1, 0.15) is 0 Å². The van der Waals surface area contributed by atoms with Crippen molar-refractivity contribution in [3.05, 3.63) is 24.3 Å². The molecule has 5 nitrogen and oxygen atoms in total. The van der Waals surface area contributed by atoms with E-state index in [2.05, 4.69) is 32.6 Å². The third kappa shape index (κ3) is 5.21. The van der Waals surface area contributed by atoms with E-state index in [0.717, 1.165) is 50.7 Å². The van der Waals surface area contributed by atoms with Gasteiger partial charge in [0.15, 0.2) is 0 Å². The van der Waals surface area contributed by atoms with E-state index in [1.54, 1.807) is 0 Å². The predicted octanol–water partition coefficient (Wildman–Crippen LogP) is 2.16. The van der Waals surface area contributed by atoms with Crippen molar-refractivity contribution in [3.8, 4) is 0 Å². The van der Waals surface area contributed by atoms with E-state index in [4.69, 9.17) is 0 Å². The number of piperazine rings is 1. The van der Waals surface area contributed by atoms with Crippen LogP contribution in [-0.4, -0.2) is 57.1 Å². The highest BCUT2D eigenvalue weighted by Crippen LogP contribution is 2.30. The minimum absolute atomic E-state index is 0.0941. The first-order valence-corrected chi connectivity index (χ1v) is 9.26. The number of carbonyl (C=O) groups is 1. The van der Waals surface area contributed by atoms with Crippen LogP contribution in [0.5, 0.6) is 0 Å². The maximum absolute atomic E-state index is 12.0. The Morgan fingerprint density at radius 1 is 1.21 bits per heavy atom. The molecule has 0 aromatic heterocycles. The number of carbonyl (C=O) groups excluding carboxylic acids is 1. The maximum atomic E-state index is 12.0. The van der Waals surface area contributed by atoms with Gasteiger partial charge in [0.2, 0.25) is 5.91 Å². The molecule has 1 aromatic rings. The average Bonchev–Trinajstić information content (AvgIpc) is 3.40. The lowest BCUT2D eigenvalue weighted by Crippen LogP contribution is -2.47. The summed E-state index contributed by atoms with van der Waals surface area (Å²) in [7, 11) is 1.91. The lowest BCUT2D eigenvalue weighted by Gasteiger charge is -2.36. The number of hydrogen-bond acceptors (Lipinski definition) is 4. The van der Waals surface area contributed by atoms with Crippen LogP contribution in [0, 0.1) is 5.92 Å². The van der Waals surface area contributed by atoms with Gasteiger partial charge in [0.25, 0.3) is 0 Å². The zero-order valence-corrected chi connectivity index (χ0v) is 14.8. The minimum atomic E-state index is 0.0941. The standard InChI is InChI=1S/C19H30N4O/c1-20-9-3-6-19(24)21-17-4-2-5-18(14-17)23-12-10-22(11-13-23)15-16-7-8-16/h2,4-5,14,16,20H,3,6-13,15H2,1H3,(H,21,24). The smallest absolute Gasteiger partial charge is 0.224 e.